The molecule has 1 saturated carbocycles. The molecule has 27 heavy (non-hydrogen) atoms. The molecule has 2 heterocycles. The Labute approximate surface area is 165 Å². The number of rotatable bonds is 4. The summed E-state index contributed by atoms with van der Waals surface area (Å²) in [6.45, 7) is 5.75. The molecule has 1 amide bonds. The number of halogens is 1. The third-order valence-corrected chi connectivity index (χ3v) is 6.14. The number of ether oxygens (including phenoxy) is 1. The summed E-state index contributed by atoms with van der Waals surface area (Å²) in [6, 6.07) is 9.46. The topological polar surface area (TPSA) is 47.4 Å². The van der Waals surface area contributed by atoms with E-state index in [0.29, 0.717) is 28.5 Å². The van der Waals surface area contributed by atoms with E-state index in [9.17, 15) is 4.79 Å². The maximum absolute atomic E-state index is 13.0. The maximum Gasteiger partial charge on any atom is 0.272 e. The third kappa shape index (κ3) is 3.57. The smallest absolute Gasteiger partial charge is 0.272 e. The van der Waals surface area contributed by atoms with E-state index in [4.69, 9.17) is 16.3 Å². The van der Waals surface area contributed by atoms with Crippen molar-refractivity contribution in [2.24, 2.45) is 18.9 Å². The number of carbonyl (C=O) groups excluding carboxylic acids is 1. The molecule has 5 nitrogen and oxygen atoms in total. The molecule has 6 heteroatoms. The lowest BCUT2D eigenvalue weighted by molar-refractivity contribution is 0.0751. The Morgan fingerprint density at radius 1 is 1.22 bits per heavy atom. The summed E-state index contributed by atoms with van der Waals surface area (Å²) in [4.78, 5) is 15.0. The first-order valence-corrected chi connectivity index (χ1v) is 10.1. The van der Waals surface area contributed by atoms with Crippen molar-refractivity contribution in [3.8, 4) is 5.75 Å². The molecule has 4 rings (SSSR count). The summed E-state index contributed by atoms with van der Waals surface area (Å²) in [5, 5.41) is 5.20. The number of aromatic nitrogens is 2. The van der Waals surface area contributed by atoms with Crippen LogP contribution in [0.2, 0.25) is 5.02 Å². The Bertz CT molecular complexity index is 830. The van der Waals surface area contributed by atoms with Gasteiger partial charge in [0.2, 0.25) is 0 Å². The Hall–Kier alpha value is -2.01. The van der Waals surface area contributed by atoms with Crippen molar-refractivity contribution >= 4 is 17.5 Å². The number of aryl methyl sites for hydroxylation is 1. The maximum atomic E-state index is 13.0. The van der Waals surface area contributed by atoms with Gasteiger partial charge in [0.05, 0.1) is 5.69 Å². The van der Waals surface area contributed by atoms with Crippen LogP contribution in [0.1, 0.15) is 48.8 Å². The number of likely N-dealkylation sites (tertiary alicyclic amines) is 1. The summed E-state index contributed by atoms with van der Waals surface area (Å²) in [7, 11) is 1.85. The third-order valence-electron chi connectivity index (χ3n) is 5.89. The molecule has 2 fully saturated rings. The fourth-order valence-corrected chi connectivity index (χ4v) is 4.48. The summed E-state index contributed by atoms with van der Waals surface area (Å²) >= 11 is 5.96. The summed E-state index contributed by atoms with van der Waals surface area (Å²) in [5.74, 6) is 2.15. The van der Waals surface area contributed by atoms with Gasteiger partial charge in [0.15, 0.2) is 0 Å². The van der Waals surface area contributed by atoms with Gasteiger partial charge < -0.3 is 9.64 Å². The molecular formula is C21H26ClN3O2. The fourth-order valence-electron chi connectivity index (χ4n) is 4.35. The Kier molecular flexibility index (Phi) is 4.89. The highest BCUT2D eigenvalue weighted by Crippen LogP contribution is 2.40. The van der Waals surface area contributed by atoms with Gasteiger partial charge in [0, 0.05) is 31.1 Å². The molecule has 2 aromatic rings. The lowest BCUT2D eigenvalue weighted by atomic mass is 9.99. The van der Waals surface area contributed by atoms with Crippen LogP contribution >= 0.6 is 11.6 Å². The molecule has 1 aliphatic heterocycles. The van der Waals surface area contributed by atoms with Crippen molar-refractivity contribution in [3.63, 3.8) is 0 Å². The second kappa shape index (κ2) is 7.19. The van der Waals surface area contributed by atoms with Crippen LogP contribution in [0.3, 0.4) is 0 Å². The highest BCUT2D eigenvalue weighted by Gasteiger charge is 2.45. The van der Waals surface area contributed by atoms with Gasteiger partial charge in [-0.05, 0) is 55.0 Å². The van der Waals surface area contributed by atoms with Gasteiger partial charge >= 0.3 is 0 Å². The number of hydrogen-bond acceptors (Lipinski definition) is 3. The van der Waals surface area contributed by atoms with Crippen LogP contribution in [0.5, 0.6) is 5.75 Å². The van der Waals surface area contributed by atoms with Gasteiger partial charge in [0.1, 0.15) is 17.5 Å². The average Bonchev–Trinajstić information content (AvgIpc) is 3.32. The standard InChI is InChI=1S/C21H26ClN3O2/c1-13(2)18-10-19(24(3)23-18)21(26)25-11-14-4-9-20(17(14)12-25)27-16-7-5-15(22)6-8-16/h5-8,10,13-14,17,20H,4,9,11-12H2,1-3H3/t14-,17+,20-/m0/s1. The van der Waals surface area contributed by atoms with Crippen LogP contribution in [0.15, 0.2) is 30.3 Å². The minimum atomic E-state index is 0.0801. The first-order valence-electron chi connectivity index (χ1n) is 9.68. The zero-order valence-electron chi connectivity index (χ0n) is 16.1. The molecule has 1 saturated heterocycles. The van der Waals surface area contributed by atoms with Crippen LogP contribution in [-0.4, -0.2) is 39.8 Å². The molecule has 0 unspecified atom stereocenters. The number of carbonyl (C=O) groups is 1. The summed E-state index contributed by atoms with van der Waals surface area (Å²) < 4.78 is 7.94. The summed E-state index contributed by atoms with van der Waals surface area (Å²) in [6.07, 6.45) is 2.31. The van der Waals surface area contributed by atoms with E-state index >= 15 is 0 Å². The predicted octanol–water partition coefficient (Wildman–Crippen LogP) is 4.13. The normalized spacial score (nSPS) is 24.5. The quantitative estimate of drug-likeness (QED) is 0.792. The summed E-state index contributed by atoms with van der Waals surface area (Å²) in [5.41, 5.74) is 1.64. The molecular weight excluding hydrogens is 362 g/mol. The van der Waals surface area contributed by atoms with E-state index in [1.165, 1.54) is 0 Å². The van der Waals surface area contributed by atoms with Crippen molar-refractivity contribution in [2.45, 2.75) is 38.7 Å². The van der Waals surface area contributed by atoms with E-state index in [1.807, 2.05) is 42.3 Å². The van der Waals surface area contributed by atoms with E-state index in [1.54, 1.807) is 4.68 Å². The van der Waals surface area contributed by atoms with Crippen LogP contribution in [-0.2, 0) is 7.05 Å². The van der Waals surface area contributed by atoms with Crippen LogP contribution < -0.4 is 4.74 Å². The van der Waals surface area contributed by atoms with Crippen molar-refractivity contribution in [1.29, 1.82) is 0 Å². The average molecular weight is 388 g/mol. The Balaban J connectivity index is 1.44. The van der Waals surface area contributed by atoms with Crippen molar-refractivity contribution < 1.29 is 9.53 Å². The molecule has 1 aliphatic carbocycles. The van der Waals surface area contributed by atoms with Gasteiger partial charge in [-0.1, -0.05) is 25.4 Å². The monoisotopic (exact) mass is 387 g/mol. The molecule has 0 bridgehead atoms. The second-order valence-corrected chi connectivity index (χ2v) is 8.49. The molecule has 0 radical (unpaired) electrons. The molecule has 1 aromatic heterocycles. The van der Waals surface area contributed by atoms with E-state index in [0.717, 1.165) is 37.4 Å². The van der Waals surface area contributed by atoms with Crippen LogP contribution in [0, 0.1) is 11.8 Å². The first-order chi connectivity index (χ1) is 12.9. The van der Waals surface area contributed by atoms with Gasteiger partial charge in [-0.15, -0.1) is 0 Å². The Morgan fingerprint density at radius 3 is 2.63 bits per heavy atom. The highest BCUT2D eigenvalue weighted by atomic mass is 35.5. The minimum absolute atomic E-state index is 0.0801. The number of hydrogen-bond donors (Lipinski definition) is 0. The van der Waals surface area contributed by atoms with Gasteiger partial charge in [-0.3, -0.25) is 9.48 Å². The number of fused-ring (bicyclic) bond motifs is 1. The molecule has 0 N–H and O–H groups in total. The SMILES string of the molecule is CC(C)c1cc(C(=O)N2C[C@@H]3CC[C@H](Oc4ccc(Cl)cc4)[C@@H]3C2)n(C)n1. The second-order valence-electron chi connectivity index (χ2n) is 8.05. The van der Waals surface area contributed by atoms with Gasteiger partial charge in [-0.2, -0.15) is 5.10 Å². The van der Waals surface area contributed by atoms with Gasteiger partial charge in [-0.25, -0.2) is 0 Å². The Morgan fingerprint density at radius 2 is 1.96 bits per heavy atom. The zero-order chi connectivity index (χ0) is 19.1. The number of amides is 1. The van der Waals surface area contributed by atoms with E-state index in [-0.39, 0.29) is 12.0 Å². The largest absolute Gasteiger partial charge is 0.490 e. The van der Waals surface area contributed by atoms with Crippen molar-refractivity contribution in [1.82, 2.24) is 14.7 Å². The fraction of sp³-hybridized carbons (Fsp3) is 0.524. The molecule has 144 valence electrons. The molecule has 3 atom stereocenters. The zero-order valence-corrected chi connectivity index (χ0v) is 16.8. The van der Waals surface area contributed by atoms with Crippen LogP contribution in [0.25, 0.3) is 0 Å². The minimum Gasteiger partial charge on any atom is -0.490 e. The lowest BCUT2D eigenvalue weighted by Gasteiger charge is -2.22. The lowest BCUT2D eigenvalue weighted by Crippen LogP contribution is -2.33. The number of benzene rings is 1. The first kappa shape index (κ1) is 18.4. The van der Waals surface area contributed by atoms with E-state index in [2.05, 4.69) is 18.9 Å². The molecule has 2 aliphatic rings. The van der Waals surface area contributed by atoms with Crippen molar-refractivity contribution in [2.75, 3.05) is 13.1 Å². The van der Waals surface area contributed by atoms with Crippen molar-refractivity contribution in [3.05, 3.63) is 46.7 Å². The predicted molar refractivity (Wildman–Crippen MR) is 105 cm³/mol. The van der Waals surface area contributed by atoms with Crippen LogP contribution in [0.4, 0.5) is 0 Å². The molecule has 0 spiro atoms. The van der Waals surface area contributed by atoms with E-state index < -0.39 is 0 Å². The number of nitrogens with zero attached hydrogens (tertiary/aromatic N) is 3. The molecule has 1 aromatic carbocycles. The highest BCUT2D eigenvalue weighted by molar-refractivity contribution is 6.30. The van der Waals surface area contributed by atoms with Gasteiger partial charge in [0.25, 0.3) is 5.91 Å².